The summed E-state index contributed by atoms with van der Waals surface area (Å²) in [6.45, 7) is 4.75. The molecule has 0 saturated carbocycles. The van der Waals surface area contributed by atoms with Crippen LogP contribution in [0.3, 0.4) is 0 Å². The second kappa shape index (κ2) is 13.3. The summed E-state index contributed by atoms with van der Waals surface area (Å²) in [5.74, 6) is 0. The molecule has 2 aliphatic rings. The predicted octanol–water partition coefficient (Wildman–Crippen LogP) is 15.9. The smallest absolute Gasteiger partial charge is 0.0714 e. The number of thiophene rings is 1. The summed E-state index contributed by atoms with van der Waals surface area (Å²) in [7, 11) is 0. The Hall–Kier alpha value is -7.00. The third-order valence-corrected chi connectivity index (χ3v) is 14.5. The lowest BCUT2D eigenvalue weighted by molar-refractivity contribution is 0.660. The Morgan fingerprint density at radius 3 is 1.60 bits per heavy atom. The van der Waals surface area contributed by atoms with Crippen LogP contribution in [-0.2, 0) is 10.8 Å². The highest BCUT2D eigenvalue weighted by Gasteiger charge is 2.46. The van der Waals surface area contributed by atoms with Crippen molar-refractivity contribution in [3.8, 4) is 33.4 Å². The van der Waals surface area contributed by atoms with Crippen molar-refractivity contribution in [1.82, 2.24) is 0 Å². The lowest BCUT2D eigenvalue weighted by Gasteiger charge is -2.35. The average Bonchev–Trinajstić information content (AvgIpc) is 3.90. The van der Waals surface area contributed by atoms with Crippen molar-refractivity contribution in [2.24, 2.45) is 0 Å². The van der Waals surface area contributed by atoms with E-state index >= 15 is 0 Å². The molecule has 0 fully saturated rings. The van der Waals surface area contributed by atoms with Crippen LogP contribution in [0.1, 0.15) is 47.2 Å². The van der Waals surface area contributed by atoms with E-state index in [-0.39, 0.29) is 5.41 Å². The van der Waals surface area contributed by atoms with E-state index < -0.39 is 5.41 Å². The molecule has 1 nitrogen and oxygen atoms in total. The molecule has 0 atom stereocenters. The molecule has 9 aromatic carbocycles. The minimum atomic E-state index is -0.512. The third kappa shape index (κ3) is 4.98. The molecule has 1 heterocycles. The minimum Gasteiger partial charge on any atom is -0.310 e. The van der Waals surface area contributed by atoms with Crippen molar-refractivity contribution >= 4 is 48.6 Å². The number of anilines is 3. The maximum atomic E-state index is 2.52. The van der Waals surface area contributed by atoms with Crippen molar-refractivity contribution in [3.05, 3.63) is 246 Å². The lowest BCUT2D eigenvalue weighted by atomic mass is 9.67. The molecular formula is C58H41NS. The Kier molecular flexibility index (Phi) is 7.73. The highest BCUT2D eigenvalue weighted by atomic mass is 32.1. The van der Waals surface area contributed by atoms with Gasteiger partial charge in [-0.05, 0) is 110 Å². The molecular weight excluding hydrogens is 743 g/mol. The van der Waals surface area contributed by atoms with E-state index in [9.17, 15) is 0 Å². The topological polar surface area (TPSA) is 3.24 Å². The Morgan fingerprint density at radius 2 is 0.883 bits per heavy atom. The quantitative estimate of drug-likeness (QED) is 0.162. The Morgan fingerprint density at radius 1 is 0.367 bits per heavy atom. The number of fused-ring (bicyclic) bond motifs is 9. The molecule has 2 heteroatoms. The maximum absolute atomic E-state index is 2.52. The van der Waals surface area contributed by atoms with E-state index in [4.69, 9.17) is 0 Å². The number of nitrogens with zero attached hydrogens (tertiary/aromatic N) is 1. The fraction of sp³-hybridized carbons (Fsp3) is 0.0690. The van der Waals surface area contributed by atoms with Gasteiger partial charge in [-0.2, -0.15) is 0 Å². The van der Waals surface area contributed by atoms with E-state index in [0.29, 0.717) is 0 Å². The van der Waals surface area contributed by atoms with Gasteiger partial charge < -0.3 is 4.90 Å². The van der Waals surface area contributed by atoms with Crippen molar-refractivity contribution in [1.29, 1.82) is 0 Å². The molecule has 0 amide bonds. The molecule has 0 spiro atoms. The molecule has 0 saturated heterocycles. The van der Waals surface area contributed by atoms with Gasteiger partial charge in [0.1, 0.15) is 0 Å². The number of hydrogen-bond donors (Lipinski definition) is 0. The first-order valence-corrected chi connectivity index (χ1v) is 21.7. The van der Waals surface area contributed by atoms with Gasteiger partial charge in [0, 0.05) is 42.5 Å². The lowest BCUT2D eigenvalue weighted by Crippen LogP contribution is -2.28. The van der Waals surface area contributed by atoms with Crippen LogP contribution < -0.4 is 4.90 Å². The first kappa shape index (κ1) is 35.0. The molecule has 0 N–H and O–H groups in total. The Bertz CT molecular complexity index is 3260. The second-order valence-corrected chi connectivity index (χ2v) is 17.9. The molecule has 2 aliphatic carbocycles. The summed E-state index contributed by atoms with van der Waals surface area (Å²) in [4.78, 5) is 2.52. The van der Waals surface area contributed by atoms with Crippen LogP contribution in [0.25, 0.3) is 53.6 Å². The number of para-hydroxylation sites is 1. The zero-order valence-corrected chi connectivity index (χ0v) is 34.4. The minimum absolute atomic E-state index is 0.145. The molecule has 0 unspecified atom stereocenters. The zero-order valence-electron chi connectivity index (χ0n) is 33.6. The summed E-state index contributed by atoms with van der Waals surface area (Å²) >= 11 is 1.87. The van der Waals surface area contributed by atoms with Crippen LogP contribution in [0.5, 0.6) is 0 Å². The monoisotopic (exact) mass is 783 g/mol. The van der Waals surface area contributed by atoms with E-state index in [0.717, 1.165) is 17.1 Å². The van der Waals surface area contributed by atoms with Gasteiger partial charge in [0.25, 0.3) is 0 Å². The molecule has 60 heavy (non-hydrogen) atoms. The molecule has 0 radical (unpaired) electrons. The van der Waals surface area contributed by atoms with Gasteiger partial charge in [0.05, 0.1) is 11.1 Å². The standard InChI is InChI=1S/C58H41NS/c1-57(2)50-25-13-9-22-44(50)46-32-30-41(36-52(46)57)59(54-27-15-11-21-43(54)38-29-34-56-49(35-38)48-24-12-16-28-55(48)60-56)42-31-33-47-45-23-10-14-26-51(45)58(53(47)37-42,39-17-5-3-6-18-39)40-19-7-4-8-20-40/h3-37H,1-2H3. The van der Waals surface area contributed by atoms with Gasteiger partial charge in [0.2, 0.25) is 0 Å². The fourth-order valence-corrected chi connectivity index (χ4v) is 11.7. The van der Waals surface area contributed by atoms with Crippen molar-refractivity contribution < 1.29 is 0 Å². The van der Waals surface area contributed by atoms with Crippen LogP contribution in [-0.4, -0.2) is 0 Å². The maximum Gasteiger partial charge on any atom is 0.0714 e. The molecule has 0 aliphatic heterocycles. The first-order valence-electron chi connectivity index (χ1n) is 20.9. The van der Waals surface area contributed by atoms with Gasteiger partial charge >= 0.3 is 0 Å². The first-order chi connectivity index (χ1) is 29.5. The van der Waals surface area contributed by atoms with E-state index in [1.165, 1.54) is 86.9 Å². The van der Waals surface area contributed by atoms with Crippen LogP contribution in [0.15, 0.2) is 212 Å². The summed E-state index contributed by atoms with van der Waals surface area (Å²) in [5, 5.41) is 2.61. The normalized spacial score (nSPS) is 14.1. The molecule has 10 aromatic rings. The number of benzene rings is 9. The van der Waals surface area contributed by atoms with Gasteiger partial charge in [-0.25, -0.2) is 0 Å². The van der Waals surface area contributed by atoms with E-state index in [1.54, 1.807) is 0 Å². The predicted molar refractivity (Wildman–Crippen MR) is 254 cm³/mol. The summed E-state index contributed by atoms with van der Waals surface area (Å²) in [6.07, 6.45) is 0. The number of rotatable bonds is 6. The largest absolute Gasteiger partial charge is 0.310 e. The van der Waals surface area contributed by atoms with Crippen LogP contribution in [0, 0.1) is 0 Å². The van der Waals surface area contributed by atoms with Gasteiger partial charge in [-0.3, -0.25) is 0 Å². The van der Waals surface area contributed by atoms with Crippen molar-refractivity contribution in [2.45, 2.75) is 24.7 Å². The average molecular weight is 784 g/mol. The van der Waals surface area contributed by atoms with Crippen molar-refractivity contribution in [2.75, 3.05) is 4.90 Å². The second-order valence-electron chi connectivity index (χ2n) is 16.8. The SMILES string of the molecule is CC1(C)c2ccccc2-c2ccc(N(c3ccc4c(c3)C(c3ccccc3)(c3ccccc3)c3ccccc3-4)c3ccccc3-c3ccc4sc5ccccc5c4c3)cc21. The highest BCUT2D eigenvalue weighted by molar-refractivity contribution is 7.25. The van der Waals surface area contributed by atoms with Crippen LogP contribution in [0.2, 0.25) is 0 Å². The summed E-state index contributed by atoms with van der Waals surface area (Å²) < 4.78 is 2.63. The van der Waals surface area contributed by atoms with Crippen LogP contribution >= 0.6 is 11.3 Å². The summed E-state index contributed by atoms with van der Waals surface area (Å²) in [6, 6.07) is 79.4. The number of hydrogen-bond acceptors (Lipinski definition) is 2. The third-order valence-electron chi connectivity index (χ3n) is 13.4. The summed E-state index contributed by atoms with van der Waals surface area (Å²) in [5.41, 5.74) is 18.2. The Balaban J connectivity index is 1.13. The molecule has 284 valence electrons. The van der Waals surface area contributed by atoms with E-state index in [2.05, 4.69) is 231 Å². The van der Waals surface area contributed by atoms with Gasteiger partial charge in [-0.15, -0.1) is 11.3 Å². The van der Waals surface area contributed by atoms with Crippen LogP contribution in [0.4, 0.5) is 17.1 Å². The molecule has 0 bridgehead atoms. The highest BCUT2D eigenvalue weighted by Crippen LogP contribution is 2.58. The van der Waals surface area contributed by atoms with Gasteiger partial charge in [-0.1, -0.05) is 178 Å². The van der Waals surface area contributed by atoms with Gasteiger partial charge in [0.15, 0.2) is 0 Å². The molecule has 12 rings (SSSR count). The Labute approximate surface area is 355 Å². The van der Waals surface area contributed by atoms with E-state index in [1.807, 2.05) is 11.3 Å². The molecule has 1 aromatic heterocycles. The fourth-order valence-electron chi connectivity index (χ4n) is 10.6. The zero-order chi connectivity index (χ0) is 40.0. The van der Waals surface area contributed by atoms with Crippen molar-refractivity contribution in [3.63, 3.8) is 0 Å².